The monoisotopic (exact) mass is 480 g/mol. The van der Waals surface area contributed by atoms with Crippen molar-refractivity contribution in [2.45, 2.75) is 59.0 Å². The van der Waals surface area contributed by atoms with Crippen LogP contribution in [0.3, 0.4) is 0 Å². The normalized spacial score (nSPS) is 24.7. The largest absolute Gasteiger partial charge is 0.444 e. The molecule has 2 fully saturated rings. The molecule has 2 atom stereocenters. The fourth-order valence-corrected chi connectivity index (χ4v) is 3.67. The van der Waals surface area contributed by atoms with Gasteiger partial charge in [-0.25, -0.2) is 4.79 Å². The quantitative estimate of drug-likeness (QED) is 0.373. The number of nitrogens with zero attached hydrogens (tertiary/aromatic N) is 3. The number of nitrogens with one attached hydrogen (secondary N) is 1. The molecule has 0 spiro atoms. The number of aliphatic imine (C=N–C) groups is 1. The van der Waals surface area contributed by atoms with E-state index in [9.17, 15) is 4.79 Å². The van der Waals surface area contributed by atoms with Gasteiger partial charge >= 0.3 is 6.09 Å². The second-order valence-corrected chi connectivity index (χ2v) is 8.56. The second-order valence-electron chi connectivity index (χ2n) is 8.56. The Bertz CT molecular complexity index is 479. The maximum atomic E-state index is 12.3. The third-order valence-corrected chi connectivity index (χ3v) is 4.89. The number of guanidine groups is 1. The summed E-state index contributed by atoms with van der Waals surface area (Å²) in [6, 6.07) is 0. The Balaban J connectivity index is 0.00000338. The number of hydrogen-bond donors (Lipinski definition) is 1. The molecule has 0 aromatic carbocycles. The van der Waals surface area contributed by atoms with E-state index in [1.807, 2.05) is 32.7 Å². The van der Waals surface area contributed by atoms with E-state index in [0.29, 0.717) is 5.92 Å². The van der Waals surface area contributed by atoms with Gasteiger partial charge in [0.1, 0.15) is 5.60 Å². The van der Waals surface area contributed by atoms with E-state index in [4.69, 9.17) is 4.74 Å². The Morgan fingerprint density at radius 2 is 1.81 bits per heavy atom. The van der Waals surface area contributed by atoms with Crippen molar-refractivity contribution in [2.75, 3.05) is 39.8 Å². The number of rotatable bonds is 2. The van der Waals surface area contributed by atoms with E-state index in [1.165, 1.54) is 12.8 Å². The van der Waals surface area contributed by atoms with Crippen LogP contribution in [0.25, 0.3) is 0 Å². The van der Waals surface area contributed by atoms with Crippen LogP contribution in [0, 0.1) is 11.8 Å². The van der Waals surface area contributed by atoms with Crippen LogP contribution >= 0.6 is 24.0 Å². The molecule has 2 rings (SSSR count). The van der Waals surface area contributed by atoms with Gasteiger partial charge < -0.3 is 19.9 Å². The third-order valence-electron chi connectivity index (χ3n) is 4.89. The van der Waals surface area contributed by atoms with Crippen molar-refractivity contribution in [3.8, 4) is 0 Å². The first-order chi connectivity index (χ1) is 11.8. The Hall–Kier alpha value is -0.730. The Labute approximate surface area is 176 Å². The molecular weight excluding hydrogens is 443 g/mol. The molecule has 2 saturated heterocycles. The zero-order valence-corrected chi connectivity index (χ0v) is 19.4. The first-order valence-corrected chi connectivity index (χ1v) is 9.72. The number of ether oxygens (including phenoxy) is 1. The van der Waals surface area contributed by atoms with Crippen LogP contribution in [0.5, 0.6) is 0 Å². The van der Waals surface area contributed by atoms with Crippen molar-refractivity contribution in [3.63, 3.8) is 0 Å². The van der Waals surface area contributed by atoms with E-state index in [1.54, 1.807) is 0 Å². The maximum Gasteiger partial charge on any atom is 0.410 e. The molecule has 0 aromatic heterocycles. The minimum atomic E-state index is -0.435. The van der Waals surface area contributed by atoms with Crippen LogP contribution in [-0.4, -0.2) is 67.2 Å². The molecular formula is C19H37IN4O2. The molecule has 152 valence electrons. The van der Waals surface area contributed by atoms with Gasteiger partial charge in [-0.1, -0.05) is 6.92 Å². The highest BCUT2D eigenvalue weighted by atomic mass is 127. The van der Waals surface area contributed by atoms with Gasteiger partial charge in [0.25, 0.3) is 0 Å². The SMILES string of the molecule is CN=C(NCC1CCCN(C(=O)OC(C)(C)C)C1)N1CCCC(C)C1.I. The predicted molar refractivity (Wildman–Crippen MR) is 117 cm³/mol. The van der Waals surface area contributed by atoms with Gasteiger partial charge in [-0.05, 0) is 58.3 Å². The summed E-state index contributed by atoms with van der Waals surface area (Å²) < 4.78 is 5.51. The fraction of sp³-hybridized carbons (Fsp3) is 0.895. The number of carbonyl (C=O) groups excluding carboxylic acids is 1. The Morgan fingerprint density at radius 3 is 2.42 bits per heavy atom. The van der Waals surface area contributed by atoms with Gasteiger partial charge in [0, 0.05) is 39.8 Å². The average Bonchev–Trinajstić information content (AvgIpc) is 2.54. The van der Waals surface area contributed by atoms with E-state index in [-0.39, 0.29) is 30.1 Å². The number of halogens is 1. The molecule has 2 aliphatic rings. The average molecular weight is 480 g/mol. The lowest BCUT2D eigenvalue weighted by Crippen LogP contribution is -2.49. The summed E-state index contributed by atoms with van der Waals surface area (Å²) in [6.07, 6.45) is 4.52. The maximum absolute atomic E-state index is 12.3. The number of hydrogen-bond acceptors (Lipinski definition) is 3. The van der Waals surface area contributed by atoms with E-state index in [0.717, 1.165) is 57.4 Å². The topological polar surface area (TPSA) is 57.2 Å². The van der Waals surface area contributed by atoms with Crippen molar-refractivity contribution >= 4 is 36.0 Å². The lowest BCUT2D eigenvalue weighted by molar-refractivity contribution is 0.0168. The van der Waals surface area contributed by atoms with Gasteiger partial charge in [0.05, 0.1) is 0 Å². The summed E-state index contributed by atoms with van der Waals surface area (Å²) in [7, 11) is 1.86. The van der Waals surface area contributed by atoms with Crippen LogP contribution in [0.15, 0.2) is 4.99 Å². The molecule has 6 nitrogen and oxygen atoms in total. The molecule has 1 N–H and O–H groups in total. The standard InChI is InChI=1S/C19H36N4O2.HI/c1-15-8-6-10-22(13-15)17(20-5)21-12-16-9-7-11-23(14-16)18(24)25-19(2,3)4;/h15-16H,6-14H2,1-5H3,(H,20,21);1H. The predicted octanol–water partition coefficient (Wildman–Crippen LogP) is 3.56. The molecule has 2 aliphatic heterocycles. The zero-order chi connectivity index (χ0) is 18.4. The summed E-state index contributed by atoms with van der Waals surface area (Å²) in [5.41, 5.74) is -0.435. The van der Waals surface area contributed by atoms with Gasteiger partial charge in [-0.15, -0.1) is 24.0 Å². The molecule has 1 amide bonds. The smallest absolute Gasteiger partial charge is 0.410 e. The van der Waals surface area contributed by atoms with Crippen molar-refractivity contribution in [3.05, 3.63) is 0 Å². The highest BCUT2D eigenvalue weighted by molar-refractivity contribution is 14.0. The summed E-state index contributed by atoms with van der Waals surface area (Å²) in [6.45, 7) is 12.6. The molecule has 2 heterocycles. The summed E-state index contributed by atoms with van der Waals surface area (Å²) in [4.78, 5) is 21.0. The van der Waals surface area contributed by atoms with Crippen LogP contribution < -0.4 is 5.32 Å². The Kier molecular flexibility index (Phi) is 9.47. The minimum absolute atomic E-state index is 0. The Morgan fingerprint density at radius 1 is 1.15 bits per heavy atom. The van der Waals surface area contributed by atoms with Crippen molar-refractivity contribution in [1.82, 2.24) is 15.1 Å². The van der Waals surface area contributed by atoms with Crippen LogP contribution in [-0.2, 0) is 4.74 Å². The first-order valence-electron chi connectivity index (χ1n) is 9.72. The molecule has 0 saturated carbocycles. The van der Waals surface area contributed by atoms with Gasteiger partial charge in [-0.2, -0.15) is 0 Å². The first kappa shape index (κ1) is 23.3. The fourth-order valence-electron chi connectivity index (χ4n) is 3.67. The van der Waals surface area contributed by atoms with Gasteiger partial charge in [-0.3, -0.25) is 4.99 Å². The molecule has 7 heteroatoms. The van der Waals surface area contributed by atoms with E-state index < -0.39 is 5.60 Å². The van der Waals surface area contributed by atoms with Crippen molar-refractivity contribution < 1.29 is 9.53 Å². The lowest BCUT2D eigenvalue weighted by Gasteiger charge is -2.36. The summed E-state index contributed by atoms with van der Waals surface area (Å²) >= 11 is 0. The number of piperidine rings is 2. The van der Waals surface area contributed by atoms with Crippen LogP contribution in [0.4, 0.5) is 4.79 Å². The second kappa shape index (κ2) is 10.6. The van der Waals surface area contributed by atoms with Gasteiger partial charge in [0.15, 0.2) is 5.96 Å². The van der Waals surface area contributed by atoms with E-state index >= 15 is 0 Å². The van der Waals surface area contributed by atoms with Gasteiger partial charge in [0.2, 0.25) is 0 Å². The minimum Gasteiger partial charge on any atom is -0.444 e. The molecule has 0 bridgehead atoms. The van der Waals surface area contributed by atoms with Crippen LogP contribution in [0.1, 0.15) is 53.4 Å². The molecule has 0 aromatic rings. The number of likely N-dealkylation sites (tertiary alicyclic amines) is 2. The molecule has 2 unspecified atom stereocenters. The lowest BCUT2D eigenvalue weighted by atomic mass is 9.98. The number of carbonyl (C=O) groups is 1. The van der Waals surface area contributed by atoms with Crippen molar-refractivity contribution in [1.29, 1.82) is 0 Å². The van der Waals surface area contributed by atoms with E-state index in [2.05, 4.69) is 22.1 Å². The summed E-state index contributed by atoms with van der Waals surface area (Å²) in [5.74, 6) is 2.17. The van der Waals surface area contributed by atoms with Crippen molar-refractivity contribution in [2.24, 2.45) is 16.8 Å². The molecule has 0 radical (unpaired) electrons. The molecule has 0 aliphatic carbocycles. The number of amides is 1. The zero-order valence-electron chi connectivity index (χ0n) is 17.1. The summed E-state index contributed by atoms with van der Waals surface area (Å²) in [5, 5.41) is 3.53. The highest BCUT2D eigenvalue weighted by Gasteiger charge is 2.28. The van der Waals surface area contributed by atoms with Crippen LogP contribution in [0.2, 0.25) is 0 Å². The molecule has 26 heavy (non-hydrogen) atoms. The third kappa shape index (κ3) is 7.48. The highest BCUT2D eigenvalue weighted by Crippen LogP contribution is 2.19.